The Balaban J connectivity index is 3.09. The third kappa shape index (κ3) is 3.51. The first-order valence-corrected chi connectivity index (χ1v) is 6.72. The van der Waals surface area contributed by atoms with Crippen LogP contribution in [0.1, 0.15) is 22.5 Å². The summed E-state index contributed by atoms with van der Waals surface area (Å²) in [5.41, 5.74) is 0.313. The molecule has 0 aromatic carbocycles. The van der Waals surface area contributed by atoms with Gasteiger partial charge in [0.1, 0.15) is 0 Å². The lowest BCUT2D eigenvalue weighted by Gasteiger charge is -1.99. The summed E-state index contributed by atoms with van der Waals surface area (Å²) in [5, 5.41) is 10.2. The van der Waals surface area contributed by atoms with Gasteiger partial charge in [-0.1, -0.05) is 39.5 Å². The lowest BCUT2D eigenvalue weighted by molar-refractivity contribution is 0.0689. The molecule has 0 saturated carbocycles. The predicted octanol–water partition coefficient (Wildman–Crippen LogP) is 2.03. The number of hydrogen-bond acceptors (Lipinski definition) is 4. The molecule has 0 saturated heterocycles. The minimum atomic E-state index is -1.08. The van der Waals surface area contributed by atoms with E-state index in [1.54, 1.807) is 6.26 Å². The van der Waals surface area contributed by atoms with E-state index in [9.17, 15) is 4.79 Å². The van der Waals surface area contributed by atoms with E-state index in [2.05, 4.69) is 37.7 Å². The Kier molecular flexibility index (Phi) is 5.29. The van der Waals surface area contributed by atoms with Crippen LogP contribution in [0.5, 0.6) is 0 Å². The topological polar surface area (TPSA) is 63.1 Å². The number of hydrogen-bond donors (Lipinski definition) is 1. The second-order valence-electron chi connectivity index (χ2n) is 2.66. The molecule has 0 bridgehead atoms. The second kappa shape index (κ2) is 6.51. The van der Waals surface area contributed by atoms with Gasteiger partial charge in [-0.25, -0.2) is 14.8 Å². The molecule has 0 atom stereocenters. The number of halogens is 1. The lowest BCUT2D eigenvalue weighted by atomic mass is 10.2. The molecule has 0 radical (unpaired) electrons. The summed E-state index contributed by atoms with van der Waals surface area (Å²) in [7, 11) is 0. The van der Waals surface area contributed by atoms with Crippen LogP contribution in [0.3, 0.4) is 0 Å². The first-order valence-electron chi connectivity index (χ1n) is 4.38. The Hall–Kier alpha value is -1.06. The van der Waals surface area contributed by atoms with Crippen molar-refractivity contribution in [3.8, 4) is 11.8 Å². The largest absolute Gasteiger partial charge is 0.476 e. The van der Waals surface area contributed by atoms with Crippen molar-refractivity contribution in [3.63, 3.8) is 0 Å². The molecule has 4 nitrogen and oxygen atoms in total. The van der Waals surface area contributed by atoms with Gasteiger partial charge in [0.15, 0.2) is 10.9 Å². The van der Waals surface area contributed by atoms with Crippen molar-refractivity contribution < 1.29 is 9.90 Å². The average molecular weight is 301 g/mol. The van der Waals surface area contributed by atoms with Crippen LogP contribution in [0.25, 0.3) is 0 Å². The van der Waals surface area contributed by atoms with Crippen LogP contribution in [0, 0.1) is 11.8 Å². The quantitative estimate of drug-likeness (QED) is 0.400. The Morgan fingerprint density at radius 2 is 2.44 bits per heavy atom. The number of alkyl halides is 1. The van der Waals surface area contributed by atoms with Crippen molar-refractivity contribution in [2.45, 2.75) is 11.6 Å². The number of carboxylic acid groups (broad SMARTS) is 1. The molecule has 1 aromatic heterocycles. The average Bonchev–Trinajstić information content (AvgIpc) is 2.29. The van der Waals surface area contributed by atoms with Crippen LogP contribution < -0.4 is 0 Å². The molecule has 0 aliphatic carbocycles. The Labute approximate surface area is 106 Å². The second-order valence-corrected chi connectivity index (χ2v) is 4.23. The van der Waals surface area contributed by atoms with Gasteiger partial charge in [-0.15, -0.1) is 0 Å². The molecule has 16 heavy (non-hydrogen) atoms. The fourth-order valence-electron chi connectivity index (χ4n) is 0.923. The highest BCUT2D eigenvalue weighted by atomic mass is 79.9. The molecule has 6 heteroatoms. The number of nitrogens with zero attached hydrogens (tertiary/aromatic N) is 2. The van der Waals surface area contributed by atoms with E-state index in [-0.39, 0.29) is 5.69 Å². The molecule has 0 fully saturated rings. The maximum absolute atomic E-state index is 10.9. The molecule has 0 aliphatic heterocycles. The molecule has 0 amide bonds. The highest BCUT2D eigenvalue weighted by Crippen LogP contribution is 2.11. The van der Waals surface area contributed by atoms with Crippen molar-refractivity contribution in [1.29, 1.82) is 0 Å². The van der Waals surface area contributed by atoms with E-state index in [0.29, 0.717) is 17.1 Å². The van der Waals surface area contributed by atoms with E-state index in [1.807, 2.05) is 0 Å². The van der Waals surface area contributed by atoms with Gasteiger partial charge >= 0.3 is 5.97 Å². The van der Waals surface area contributed by atoms with E-state index in [4.69, 9.17) is 5.11 Å². The zero-order chi connectivity index (χ0) is 12.0. The SMILES string of the molecule is CSc1ncc(C#CCCBr)c(C(=O)O)n1. The molecule has 0 spiro atoms. The maximum Gasteiger partial charge on any atom is 0.355 e. The van der Waals surface area contributed by atoms with Gasteiger partial charge in [-0.05, 0) is 6.26 Å². The summed E-state index contributed by atoms with van der Waals surface area (Å²) in [4.78, 5) is 18.8. The van der Waals surface area contributed by atoms with Gasteiger partial charge in [-0.3, -0.25) is 0 Å². The third-order valence-electron chi connectivity index (χ3n) is 1.59. The van der Waals surface area contributed by atoms with Crippen LogP contribution in [-0.2, 0) is 0 Å². The van der Waals surface area contributed by atoms with Gasteiger partial charge < -0.3 is 5.11 Å². The molecule has 1 N–H and O–H groups in total. The van der Waals surface area contributed by atoms with Crippen LogP contribution in [0.2, 0.25) is 0 Å². The summed E-state index contributed by atoms with van der Waals surface area (Å²) in [6.45, 7) is 0. The van der Waals surface area contributed by atoms with Crippen molar-refractivity contribution in [2.75, 3.05) is 11.6 Å². The fraction of sp³-hybridized carbons (Fsp3) is 0.300. The molecule has 1 rings (SSSR count). The van der Waals surface area contributed by atoms with Crippen molar-refractivity contribution >= 4 is 33.7 Å². The summed E-state index contributed by atoms with van der Waals surface area (Å²) < 4.78 is 0. The van der Waals surface area contributed by atoms with Gasteiger partial charge in [0.2, 0.25) is 0 Å². The molecular formula is C10H9BrN2O2S. The highest BCUT2D eigenvalue weighted by molar-refractivity contribution is 9.09. The summed E-state index contributed by atoms with van der Waals surface area (Å²) in [5.74, 6) is 4.51. The zero-order valence-electron chi connectivity index (χ0n) is 8.53. The Bertz CT molecular complexity index is 454. The Morgan fingerprint density at radius 3 is 3.00 bits per heavy atom. The number of aromatic nitrogens is 2. The van der Waals surface area contributed by atoms with Crippen LogP contribution in [-0.4, -0.2) is 32.6 Å². The van der Waals surface area contributed by atoms with Crippen molar-refractivity contribution in [3.05, 3.63) is 17.5 Å². The minimum Gasteiger partial charge on any atom is -0.476 e. The van der Waals surface area contributed by atoms with Crippen molar-refractivity contribution in [1.82, 2.24) is 9.97 Å². The zero-order valence-corrected chi connectivity index (χ0v) is 10.9. The monoisotopic (exact) mass is 300 g/mol. The maximum atomic E-state index is 10.9. The predicted molar refractivity (Wildman–Crippen MR) is 66.1 cm³/mol. The van der Waals surface area contributed by atoms with Crippen LogP contribution >= 0.6 is 27.7 Å². The molecule has 1 aromatic rings. The van der Waals surface area contributed by atoms with Gasteiger partial charge in [0.05, 0.1) is 5.56 Å². The van der Waals surface area contributed by atoms with E-state index < -0.39 is 5.97 Å². The normalized spacial score (nSPS) is 9.38. The third-order valence-corrected chi connectivity index (χ3v) is 2.55. The van der Waals surface area contributed by atoms with Gasteiger partial charge in [0.25, 0.3) is 0 Å². The number of rotatable bonds is 3. The summed E-state index contributed by atoms with van der Waals surface area (Å²) in [6.07, 6.45) is 3.89. The first kappa shape index (κ1) is 13.0. The number of carbonyl (C=O) groups is 1. The summed E-state index contributed by atoms with van der Waals surface area (Å²) >= 11 is 4.54. The smallest absolute Gasteiger partial charge is 0.355 e. The molecular weight excluding hydrogens is 292 g/mol. The van der Waals surface area contributed by atoms with Crippen molar-refractivity contribution in [2.24, 2.45) is 0 Å². The van der Waals surface area contributed by atoms with Gasteiger partial charge in [0, 0.05) is 17.9 Å². The summed E-state index contributed by atoms with van der Waals surface area (Å²) in [6, 6.07) is 0. The van der Waals surface area contributed by atoms with E-state index in [1.165, 1.54) is 18.0 Å². The lowest BCUT2D eigenvalue weighted by Crippen LogP contribution is -2.06. The standard InChI is InChI=1S/C10H9BrN2O2S/c1-16-10-12-6-7(4-2-3-5-11)8(13-10)9(14)15/h6H,3,5H2,1H3,(H,14,15). The van der Waals surface area contributed by atoms with E-state index >= 15 is 0 Å². The molecule has 0 unspecified atom stereocenters. The Morgan fingerprint density at radius 1 is 1.69 bits per heavy atom. The molecule has 0 aliphatic rings. The molecule has 1 heterocycles. The molecule has 84 valence electrons. The van der Waals surface area contributed by atoms with Crippen LogP contribution in [0.15, 0.2) is 11.4 Å². The highest BCUT2D eigenvalue weighted by Gasteiger charge is 2.12. The minimum absolute atomic E-state index is 0.0403. The van der Waals surface area contributed by atoms with Crippen LogP contribution in [0.4, 0.5) is 0 Å². The van der Waals surface area contributed by atoms with Gasteiger partial charge in [-0.2, -0.15) is 0 Å². The first-order chi connectivity index (χ1) is 7.69. The number of aromatic carboxylic acids is 1. The number of thioether (sulfide) groups is 1. The fourth-order valence-corrected chi connectivity index (χ4v) is 1.46. The number of carboxylic acids is 1. The van der Waals surface area contributed by atoms with E-state index in [0.717, 1.165) is 5.33 Å².